The summed E-state index contributed by atoms with van der Waals surface area (Å²) in [7, 11) is 0. The largest absolute Gasteiger partial charge is 0.370 e. The Morgan fingerprint density at radius 1 is 1.24 bits per heavy atom. The molecule has 1 saturated heterocycles. The van der Waals surface area contributed by atoms with E-state index >= 15 is 0 Å². The van der Waals surface area contributed by atoms with E-state index in [1.807, 2.05) is 0 Å². The molecule has 3 heteroatoms. The maximum Gasteiger partial charge on any atom is 0.0366 e. The first-order valence-electron chi connectivity index (χ1n) is 8.25. The molecular formula is C18H31N3. The standard InChI is InChI=1S/C18H31N3/c1-6-19-16-11-12-21(13-16)17-9-7-15(8-10-17)14(2)20-18(3,4)5/h7-10,14,16,19-20H,6,11-13H2,1-5H3/t14?,16-/m1/s1. The second-order valence-corrected chi connectivity index (χ2v) is 7.20. The quantitative estimate of drug-likeness (QED) is 0.870. The van der Waals surface area contributed by atoms with E-state index < -0.39 is 0 Å². The fourth-order valence-electron chi connectivity index (χ4n) is 3.16. The van der Waals surface area contributed by atoms with Gasteiger partial charge in [0.25, 0.3) is 0 Å². The van der Waals surface area contributed by atoms with E-state index in [9.17, 15) is 0 Å². The van der Waals surface area contributed by atoms with Gasteiger partial charge in [0.05, 0.1) is 0 Å². The van der Waals surface area contributed by atoms with Crippen LogP contribution in [0.3, 0.4) is 0 Å². The molecule has 1 aliphatic heterocycles. The Morgan fingerprint density at radius 3 is 2.48 bits per heavy atom. The van der Waals surface area contributed by atoms with E-state index in [1.54, 1.807) is 0 Å². The molecule has 0 aliphatic carbocycles. The van der Waals surface area contributed by atoms with Gasteiger partial charge in [-0.15, -0.1) is 0 Å². The number of hydrogen-bond donors (Lipinski definition) is 2. The topological polar surface area (TPSA) is 27.3 Å². The first kappa shape index (κ1) is 16.3. The molecular weight excluding hydrogens is 258 g/mol. The molecule has 1 aromatic rings. The Hall–Kier alpha value is -1.06. The molecule has 1 heterocycles. The molecule has 0 spiro atoms. The predicted octanol–water partition coefficient (Wildman–Crippen LogP) is 3.32. The van der Waals surface area contributed by atoms with Gasteiger partial charge >= 0.3 is 0 Å². The Kier molecular flexibility index (Phi) is 5.28. The van der Waals surface area contributed by atoms with Crippen LogP contribution in [0.2, 0.25) is 0 Å². The van der Waals surface area contributed by atoms with Crippen LogP contribution < -0.4 is 15.5 Å². The third kappa shape index (κ3) is 4.72. The molecule has 0 bridgehead atoms. The van der Waals surface area contributed by atoms with E-state index in [2.05, 4.69) is 74.4 Å². The van der Waals surface area contributed by atoms with Crippen LogP contribution in [0.4, 0.5) is 5.69 Å². The van der Waals surface area contributed by atoms with Crippen LogP contribution >= 0.6 is 0 Å². The summed E-state index contributed by atoms with van der Waals surface area (Å²) in [6.45, 7) is 14.4. The Morgan fingerprint density at radius 2 is 1.90 bits per heavy atom. The smallest absolute Gasteiger partial charge is 0.0366 e. The summed E-state index contributed by atoms with van der Waals surface area (Å²) in [6.07, 6.45) is 1.25. The van der Waals surface area contributed by atoms with Crippen LogP contribution in [-0.2, 0) is 0 Å². The zero-order chi connectivity index (χ0) is 15.5. The van der Waals surface area contributed by atoms with Gasteiger partial charge < -0.3 is 15.5 Å². The molecule has 0 radical (unpaired) electrons. The highest BCUT2D eigenvalue weighted by Crippen LogP contribution is 2.23. The third-order valence-corrected chi connectivity index (χ3v) is 4.09. The van der Waals surface area contributed by atoms with Crippen molar-refractivity contribution >= 4 is 5.69 Å². The van der Waals surface area contributed by atoms with Gasteiger partial charge in [0, 0.05) is 36.4 Å². The average Bonchev–Trinajstić information content (AvgIpc) is 2.86. The molecule has 3 nitrogen and oxygen atoms in total. The van der Waals surface area contributed by atoms with Crippen molar-refractivity contribution in [3.63, 3.8) is 0 Å². The van der Waals surface area contributed by atoms with E-state index in [0.717, 1.165) is 19.6 Å². The van der Waals surface area contributed by atoms with Gasteiger partial charge in [-0.2, -0.15) is 0 Å². The van der Waals surface area contributed by atoms with Crippen molar-refractivity contribution in [3.8, 4) is 0 Å². The number of nitrogens with zero attached hydrogens (tertiary/aromatic N) is 1. The van der Waals surface area contributed by atoms with Gasteiger partial charge in [-0.05, 0) is 58.4 Å². The first-order chi connectivity index (χ1) is 9.89. The lowest BCUT2D eigenvalue weighted by atomic mass is 10.0. The fourth-order valence-corrected chi connectivity index (χ4v) is 3.16. The van der Waals surface area contributed by atoms with Crippen molar-refractivity contribution in [3.05, 3.63) is 29.8 Å². The highest BCUT2D eigenvalue weighted by atomic mass is 15.2. The van der Waals surface area contributed by atoms with Gasteiger partial charge in [-0.3, -0.25) is 0 Å². The van der Waals surface area contributed by atoms with Crippen molar-refractivity contribution in [1.29, 1.82) is 0 Å². The van der Waals surface area contributed by atoms with Crippen LogP contribution in [-0.4, -0.2) is 31.2 Å². The number of nitrogens with one attached hydrogen (secondary N) is 2. The molecule has 1 aromatic carbocycles. The van der Waals surface area contributed by atoms with Crippen molar-refractivity contribution < 1.29 is 0 Å². The zero-order valence-corrected chi connectivity index (χ0v) is 14.2. The lowest BCUT2D eigenvalue weighted by Crippen LogP contribution is -2.37. The van der Waals surface area contributed by atoms with Crippen molar-refractivity contribution in [2.75, 3.05) is 24.5 Å². The van der Waals surface area contributed by atoms with E-state index in [1.165, 1.54) is 17.7 Å². The second-order valence-electron chi connectivity index (χ2n) is 7.20. The Bertz CT molecular complexity index is 433. The van der Waals surface area contributed by atoms with Crippen LogP contribution in [0.1, 0.15) is 52.6 Å². The van der Waals surface area contributed by atoms with Gasteiger partial charge in [0.1, 0.15) is 0 Å². The number of benzene rings is 1. The molecule has 0 aromatic heterocycles. The highest BCUT2D eigenvalue weighted by molar-refractivity contribution is 5.49. The van der Waals surface area contributed by atoms with Crippen LogP contribution in [0.5, 0.6) is 0 Å². The minimum atomic E-state index is 0.145. The molecule has 0 saturated carbocycles. The summed E-state index contributed by atoms with van der Waals surface area (Å²) in [5.41, 5.74) is 2.85. The minimum absolute atomic E-state index is 0.145. The van der Waals surface area contributed by atoms with Crippen molar-refractivity contribution in [2.24, 2.45) is 0 Å². The summed E-state index contributed by atoms with van der Waals surface area (Å²) < 4.78 is 0. The summed E-state index contributed by atoms with van der Waals surface area (Å²) in [4.78, 5) is 2.49. The van der Waals surface area contributed by atoms with Crippen LogP contribution in [0.25, 0.3) is 0 Å². The number of rotatable bonds is 5. The number of likely N-dealkylation sites (N-methyl/N-ethyl adjacent to an activating group) is 1. The SMILES string of the molecule is CCN[C@@H]1CCN(c2ccc(C(C)NC(C)(C)C)cc2)C1. The average molecular weight is 289 g/mol. The summed E-state index contributed by atoms with van der Waals surface area (Å²) >= 11 is 0. The molecule has 118 valence electrons. The zero-order valence-electron chi connectivity index (χ0n) is 14.2. The first-order valence-corrected chi connectivity index (χ1v) is 8.25. The normalized spacial score (nSPS) is 20.8. The lowest BCUT2D eigenvalue weighted by molar-refractivity contribution is 0.378. The molecule has 0 amide bonds. The predicted molar refractivity (Wildman–Crippen MR) is 92.0 cm³/mol. The monoisotopic (exact) mass is 289 g/mol. The molecule has 1 fully saturated rings. The summed E-state index contributed by atoms with van der Waals surface area (Å²) in [6, 6.07) is 10.1. The Labute approximate surface area is 130 Å². The fraction of sp³-hybridized carbons (Fsp3) is 0.667. The van der Waals surface area contributed by atoms with E-state index in [0.29, 0.717) is 12.1 Å². The molecule has 2 rings (SSSR count). The molecule has 21 heavy (non-hydrogen) atoms. The van der Waals surface area contributed by atoms with Gasteiger partial charge in [0.2, 0.25) is 0 Å². The summed E-state index contributed by atoms with van der Waals surface area (Å²) in [5, 5.41) is 7.17. The Balaban J connectivity index is 1.96. The van der Waals surface area contributed by atoms with E-state index in [-0.39, 0.29) is 5.54 Å². The number of hydrogen-bond acceptors (Lipinski definition) is 3. The second kappa shape index (κ2) is 6.80. The lowest BCUT2D eigenvalue weighted by Gasteiger charge is -2.27. The minimum Gasteiger partial charge on any atom is -0.370 e. The number of anilines is 1. The van der Waals surface area contributed by atoms with Crippen LogP contribution in [0.15, 0.2) is 24.3 Å². The maximum atomic E-state index is 3.62. The van der Waals surface area contributed by atoms with E-state index in [4.69, 9.17) is 0 Å². The third-order valence-electron chi connectivity index (χ3n) is 4.09. The van der Waals surface area contributed by atoms with Gasteiger partial charge in [-0.25, -0.2) is 0 Å². The van der Waals surface area contributed by atoms with Crippen molar-refractivity contribution in [2.45, 2.75) is 58.7 Å². The highest BCUT2D eigenvalue weighted by Gasteiger charge is 2.22. The van der Waals surface area contributed by atoms with Crippen LogP contribution in [0, 0.1) is 0 Å². The molecule has 2 N–H and O–H groups in total. The van der Waals surface area contributed by atoms with Gasteiger partial charge in [-0.1, -0.05) is 19.1 Å². The van der Waals surface area contributed by atoms with Crippen molar-refractivity contribution in [1.82, 2.24) is 10.6 Å². The molecule has 1 unspecified atom stereocenters. The molecule has 2 atom stereocenters. The maximum absolute atomic E-state index is 3.62. The molecule has 1 aliphatic rings. The summed E-state index contributed by atoms with van der Waals surface area (Å²) in [5.74, 6) is 0. The van der Waals surface area contributed by atoms with Gasteiger partial charge in [0.15, 0.2) is 0 Å².